The van der Waals surface area contributed by atoms with E-state index in [0.717, 1.165) is 37.5 Å². The molecule has 3 rings (SSSR count). The predicted octanol–water partition coefficient (Wildman–Crippen LogP) is 0.801. The molecule has 0 bridgehead atoms. The first-order valence-corrected chi connectivity index (χ1v) is 11.3. The maximum Gasteiger partial charge on any atom is 0.211 e. The Labute approximate surface area is 184 Å². The molecular formula is C17H31IN6O3S. The molecule has 1 N–H and O–H groups in total. The van der Waals surface area contributed by atoms with Crippen LogP contribution in [0.4, 0.5) is 0 Å². The smallest absolute Gasteiger partial charge is 0.211 e. The van der Waals surface area contributed by atoms with Gasteiger partial charge in [-0.25, -0.2) is 8.42 Å². The molecule has 2 aliphatic heterocycles. The van der Waals surface area contributed by atoms with Crippen LogP contribution in [0.2, 0.25) is 0 Å². The number of ether oxygens (including phenoxy) is 1. The summed E-state index contributed by atoms with van der Waals surface area (Å²) in [5.74, 6) is 0.815. The van der Waals surface area contributed by atoms with Crippen molar-refractivity contribution in [3.8, 4) is 0 Å². The minimum atomic E-state index is -3.18. The molecule has 0 aliphatic carbocycles. The van der Waals surface area contributed by atoms with Crippen molar-refractivity contribution in [2.75, 3.05) is 45.6 Å². The molecule has 0 amide bonds. The van der Waals surface area contributed by atoms with Crippen molar-refractivity contribution >= 4 is 40.0 Å². The molecule has 0 radical (unpaired) electrons. The first-order valence-electron chi connectivity index (χ1n) is 9.48. The van der Waals surface area contributed by atoms with E-state index in [1.165, 1.54) is 6.26 Å². The van der Waals surface area contributed by atoms with E-state index in [1.54, 1.807) is 8.99 Å². The Morgan fingerprint density at radius 2 is 2.21 bits per heavy atom. The number of hydrogen-bond acceptors (Lipinski definition) is 5. The van der Waals surface area contributed by atoms with Gasteiger partial charge in [0, 0.05) is 44.5 Å². The van der Waals surface area contributed by atoms with Crippen LogP contribution in [0.25, 0.3) is 0 Å². The zero-order valence-electron chi connectivity index (χ0n) is 16.7. The van der Waals surface area contributed by atoms with E-state index in [0.29, 0.717) is 26.2 Å². The number of aryl methyl sites for hydroxylation is 1. The Bertz CT molecular complexity index is 769. The van der Waals surface area contributed by atoms with Gasteiger partial charge in [-0.1, -0.05) is 0 Å². The fourth-order valence-electron chi connectivity index (χ4n) is 3.70. The minimum absolute atomic E-state index is 0. The molecule has 28 heavy (non-hydrogen) atoms. The Kier molecular flexibility index (Phi) is 8.52. The second-order valence-electron chi connectivity index (χ2n) is 7.12. The van der Waals surface area contributed by atoms with Gasteiger partial charge in [0.1, 0.15) is 6.10 Å². The van der Waals surface area contributed by atoms with Gasteiger partial charge >= 0.3 is 0 Å². The number of rotatable bonds is 5. The van der Waals surface area contributed by atoms with Crippen molar-refractivity contribution in [2.45, 2.75) is 31.9 Å². The van der Waals surface area contributed by atoms with Gasteiger partial charge in [-0.05, 0) is 19.8 Å². The van der Waals surface area contributed by atoms with E-state index in [4.69, 9.17) is 9.73 Å². The minimum Gasteiger partial charge on any atom is -0.370 e. The van der Waals surface area contributed by atoms with Gasteiger partial charge in [0.2, 0.25) is 10.0 Å². The summed E-state index contributed by atoms with van der Waals surface area (Å²) in [5, 5.41) is 7.57. The molecule has 1 aromatic heterocycles. The van der Waals surface area contributed by atoms with E-state index in [-0.39, 0.29) is 36.1 Å². The van der Waals surface area contributed by atoms with Crippen LogP contribution in [0.3, 0.4) is 0 Å². The van der Waals surface area contributed by atoms with Crippen LogP contribution in [-0.2, 0) is 21.8 Å². The average molecular weight is 526 g/mol. The standard InChI is InChI=1S/C17H30N6O3S.HI/c1-4-18-17(19-11-15-6-5-7-23(15)27(3,24)25)22-8-9-26-16(13-22)14-10-20-21(2)12-14;/h10,12,15-16H,4-9,11,13H2,1-3H3,(H,18,19);1H/t15-,16?;/m1./s1. The molecule has 11 heteroatoms. The number of halogens is 1. The number of nitrogens with one attached hydrogen (secondary N) is 1. The predicted molar refractivity (Wildman–Crippen MR) is 119 cm³/mol. The fourth-order valence-corrected chi connectivity index (χ4v) is 4.87. The monoisotopic (exact) mass is 526 g/mol. The Morgan fingerprint density at radius 3 is 2.86 bits per heavy atom. The van der Waals surface area contributed by atoms with Crippen molar-refractivity contribution in [2.24, 2.45) is 12.0 Å². The van der Waals surface area contributed by atoms with Gasteiger partial charge in [-0.15, -0.1) is 24.0 Å². The average Bonchev–Trinajstić information content (AvgIpc) is 3.27. The van der Waals surface area contributed by atoms with E-state index in [9.17, 15) is 8.42 Å². The van der Waals surface area contributed by atoms with Gasteiger partial charge in [0.15, 0.2) is 5.96 Å². The summed E-state index contributed by atoms with van der Waals surface area (Å²) in [6, 6.07) is -0.0520. The summed E-state index contributed by atoms with van der Waals surface area (Å²) in [6.07, 6.45) is 6.79. The molecule has 3 heterocycles. The third kappa shape index (κ3) is 5.80. The van der Waals surface area contributed by atoms with Crippen LogP contribution < -0.4 is 5.32 Å². The molecule has 0 saturated carbocycles. The summed E-state index contributed by atoms with van der Waals surface area (Å²) in [6.45, 7) is 5.92. The zero-order chi connectivity index (χ0) is 19.4. The molecule has 0 aromatic carbocycles. The normalized spacial score (nSPS) is 24.2. The molecule has 2 aliphatic rings. The molecule has 0 spiro atoms. The highest BCUT2D eigenvalue weighted by molar-refractivity contribution is 14.0. The van der Waals surface area contributed by atoms with E-state index < -0.39 is 10.0 Å². The third-order valence-corrected chi connectivity index (χ3v) is 6.33. The summed E-state index contributed by atoms with van der Waals surface area (Å²) in [5.41, 5.74) is 1.05. The maximum absolute atomic E-state index is 11.9. The maximum atomic E-state index is 11.9. The molecule has 2 atom stereocenters. The molecule has 1 aromatic rings. The van der Waals surface area contributed by atoms with Crippen molar-refractivity contribution in [3.05, 3.63) is 18.0 Å². The lowest BCUT2D eigenvalue weighted by Crippen LogP contribution is -2.48. The van der Waals surface area contributed by atoms with Crippen molar-refractivity contribution in [3.63, 3.8) is 0 Å². The van der Waals surface area contributed by atoms with Crippen LogP contribution in [0.1, 0.15) is 31.4 Å². The Morgan fingerprint density at radius 1 is 1.43 bits per heavy atom. The van der Waals surface area contributed by atoms with Crippen LogP contribution >= 0.6 is 24.0 Å². The fraction of sp³-hybridized carbons (Fsp3) is 0.765. The molecule has 2 fully saturated rings. The molecule has 160 valence electrons. The highest BCUT2D eigenvalue weighted by Crippen LogP contribution is 2.23. The summed E-state index contributed by atoms with van der Waals surface area (Å²) in [7, 11) is -1.28. The Hall–Kier alpha value is -0.920. The first-order chi connectivity index (χ1) is 12.9. The summed E-state index contributed by atoms with van der Waals surface area (Å²) >= 11 is 0. The van der Waals surface area contributed by atoms with Crippen LogP contribution in [0.5, 0.6) is 0 Å². The molecular weight excluding hydrogens is 495 g/mol. The topological polar surface area (TPSA) is 92.1 Å². The van der Waals surface area contributed by atoms with Gasteiger partial charge in [0.25, 0.3) is 0 Å². The third-order valence-electron chi connectivity index (χ3n) is 5.00. The highest BCUT2D eigenvalue weighted by atomic mass is 127. The number of aromatic nitrogens is 2. The van der Waals surface area contributed by atoms with Gasteiger partial charge < -0.3 is 15.0 Å². The van der Waals surface area contributed by atoms with E-state index >= 15 is 0 Å². The van der Waals surface area contributed by atoms with E-state index in [1.807, 2.05) is 26.4 Å². The Balaban J connectivity index is 0.00000280. The largest absolute Gasteiger partial charge is 0.370 e. The molecule has 9 nitrogen and oxygen atoms in total. The summed E-state index contributed by atoms with van der Waals surface area (Å²) in [4.78, 5) is 6.95. The zero-order valence-corrected chi connectivity index (χ0v) is 19.9. The first kappa shape index (κ1) is 23.4. The lowest BCUT2D eigenvalue weighted by molar-refractivity contribution is -0.00805. The number of sulfonamides is 1. The molecule has 1 unspecified atom stereocenters. The lowest BCUT2D eigenvalue weighted by atomic mass is 10.1. The van der Waals surface area contributed by atoms with Gasteiger partial charge in [0.05, 0.1) is 32.1 Å². The number of aliphatic imine (C=N–C) groups is 1. The number of guanidine groups is 1. The van der Waals surface area contributed by atoms with Gasteiger partial charge in [-0.2, -0.15) is 9.40 Å². The quantitative estimate of drug-likeness (QED) is 0.347. The van der Waals surface area contributed by atoms with Crippen molar-refractivity contribution in [1.82, 2.24) is 24.3 Å². The number of nitrogens with zero attached hydrogens (tertiary/aromatic N) is 5. The van der Waals surface area contributed by atoms with Crippen molar-refractivity contribution in [1.29, 1.82) is 0 Å². The van der Waals surface area contributed by atoms with Crippen LogP contribution in [0.15, 0.2) is 17.4 Å². The second-order valence-corrected chi connectivity index (χ2v) is 9.05. The van der Waals surface area contributed by atoms with Crippen LogP contribution in [0, 0.1) is 0 Å². The van der Waals surface area contributed by atoms with Crippen molar-refractivity contribution < 1.29 is 13.2 Å². The van der Waals surface area contributed by atoms with E-state index in [2.05, 4.69) is 15.3 Å². The number of morpholine rings is 1. The summed E-state index contributed by atoms with van der Waals surface area (Å²) < 4.78 is 33.2. The lowest BCUT2D eigenvalue weighted by Gasteiger charge is -2.35. The SMILES string of the molecule is CCNC(=NC[C@H]1CCCN1S(C)(=O)=O)N1CCOC(c2cnn(C)c2)C1.I. The second kappa shape index (κ2) is 10.2. The van der Waals surface area contributed by atoms with Crippen LogP contribution in [-0.4, -0.2) is 85.0 Å². The number of hydrogen-bond donors (Lipinski definition) is 1. The molecule has 2 saturated heterocycles. The highest BCUT2D eigenvalue weighted by Gasteiger charge is 2.31. The van der Waals surface area contributed by atoms with Gasteiger partial charge in [-0.3, -0.25) is 9.67 Å².